The minimum atomic E-state index is -1.31. The number of esters is 4. The van der Waals surface area contributed by atoms with Crippen LogP contribution in [-0.4, -0.2) is 179 Å². The van der Waals surface area contributed by atoms with Gasteiger partial charge in [0.25, 0.3) is 0 Å². The molecule has 0 aliphatic carbocycles. The molecule has 0 aromatic rings. The highest BCUT2D eigenvalue weighted by molar-refractivity contribution is 5.84. The molecule has 0 heterocycles. The van der Waals surface area contributed by atoms with Crippen molar-refractivity contribution in [3.05, 3.63) is 0 Å². The lowest BCUT2D eigenvalue weighted by atomic mass is 9.62. The predicted octanol–water partition coefficient (Wildman–Crippen LogP) is -8.76. The lowest BCUT2D eigenvalue weighted by Crippen LogP contribution is -3.00. The third-order valence-electron chi connectivity index (χ3n) is 8.52. The van der Waals surface area contributed by atoms with Crippen molar-refractivity contribution in [3.63, 3.8) is 0 Å². The molecular weight excluding hydrogens is 770 g/mol. The molecule has 0 saturated heterocycles. The Morgan fingerprint density at radius 3 is 0.736 bits per heavy atom. The van der Waals surface area contributed by atoms with Gasteiger partial charge in [-0.25, -0.2) is 0 Å². The van der Waals surface area contributed by atoms with Crippen molar-refractivity contribution in [1.29, 1.82) is 0 Å². The maximum Gasteiger partial charge on any atom is 0.312 e. The van der Waals surface area contributed by atoms with E-state index < -0.39 is 45.5 Å². The Labute approximate surface area is 347 Å². The third kappa shape index (κ3) is 25.6. The standard InChI is InChI=1S/C37H76N4O8.4ClH/c1-34(2,30(42)46-23-19-38(7,8)9)27-36(5,32(44)48-25-21-40(13,14)15)29-37(6,33(45)49-26-22-41(16,17)18)28-35(3,4)31(43)47-24-20-39(10,11)12;;;;/h19-29H2,1-18H3;4*1H/q+4;;;;/p-4. The number of hydrogen-bond acceptors (Lipinski definition) is 8. The van der Waals surface area contributed by atoms with Crippen molar-refractivity contribution < 1.29 is 106 Å². The highest BCUT2D eigenvalue weighted by Crippen LogP contribution is 2.49. The SMILES string of the molecule is CC(C)(CC(C)(CC(C)(CC(C)(C)C(=O)OCC[N+](C)(C)C)C(=O)OCC[N+](C)(C)C)C(=O)OCC[N+](C)(C)C)C(=O)OCC[N+](C)(C)C.[Cl-].[Cl-].[Cl-].[Cl-]. The maximum absolute atomic E-state index is 14.1. The average molecular weight is 847 g/mol. The van der Waals surface area contributed by atoms with Gasteiger partial charge in [0, 0.05) is 0 Å². The van der Waals surface area contributed by atoms with E-state index in [1.54, 1.807) is 41.5 Å². The number of ether oxygens (including phenoxy) is 4. The monoisotopic (exact) mass is 844 g/mol. The van der Waals surface area contributed by atoms with Crippen molar-refractivity contribution in [2.75, 3.05) is 137 Å². The minimum Gasteiger partial charge on any atom is -1.00 e. The average Bonchev–Trinajstić information content (AvgIpc) is 2.84. The van der Waals surface area contributed by atoms with E-state index in [-0.39, 0.29) is 95.3 Å². The molecule has 0 N–H and O–H groups in total. The Balaban J connectivity index is -0.00000192. The lowest BCUT2D eigenvalue weighted by Gasteiger charge is -2.42. The topological polar surface area (TPSA) is 105 Å². The van der Waals surface area contributed by atoms with Crippen LogP contribution in [0.5, 0.6) is 0 Å². The molecule has 53 heavy (non-hydrogen) atoms. The molecule has 320 valence electrons. The van der Waals surface area contributed by atoms with Gasteiger partial charge >= 0.3 is 23.9 Å². The lowest BCUT2D eigenvalue weighted by molar-refractivity contribution is -0.870. The summed E-state index contributed by atoms with van der Waals surface area (Å²) in [5.41, 5.74) is -4.81. The van der Waals surface area contributed by atoms with Crippen LogP contribution in [0.2, 0.25) is 0 Å². The van der Waals surface area contributed by atoms with E-state index in [4.69, 9.17) is 18.9 Å². The molecule has 0 spiro atoms. The van der Waals surface area contributed by atoms with Crippen molar-refractivity contribution in [2.24, 2.45) is 21.7 Å². The molecule has 2 unspecified atom stereocenters. The van der Waals surface area contributed by atoms with E-state index in [1.165, 1.54) is 0 Å². The largest absolute Gasteiger partial charge is 1.00 e. The van der Waals surface area contributed by atoms with Crippen molar-refractivity contribution in [2.45, 2.75) is 60.8 Å². The van der Waals surface area contributed by atoms with Crippen LogP contribution in [0.3, 0.4) is 0 Å². The number of carbonyl (C=O) groups excluding carboxylic acids is 4. The Morgan fingerprint density at radius 1 is 0.358 bits per heavy atom. The third-order valence-corrected chi connectivity index (χ3v) is 8.52. The van der Waals surface area contributed by atoms with Crippen LogP contribution < -0.4 is 49.6 Å². The number of carbonyl (C=O) groups is 4. The van der Waals surface area contributed by atoms with Crippen LogP contribution in [0.4, 0.5) is 0 Å². The highest BCUT2D eigenvalue weighted by atomic mass is 35.5. The normalized spacial score (nSPS) is 14.7. The van der Waals surface area contributed by atoms with Gasteiger partial charge in [-0.3, -0.25) is 19.2 Å². The molecule has 0 fully saturated rings. The molecule has 0 radical (unpaired) electrons. The zero-order valence-electron chi connectivity index (χ0n) is 36.3. The summed E-state index contributed by atoms with van der Waals surface area (Å²) in [4.78, 5) is 55.3. The number of hydrogen-bond donors (Lipinski definition) is 0. The van der Waals surface area contributed by atoms with Gasteiger partial charge in [0.2, 0.25) is 0 Å². The molecule has 0 aromatic carbocycles. The van der Waals surface area contributed by atoms with Gasteiger partial charge in [-0.05, 0) is 60.8 Å². The molecule has 2 atom stereocenters. The fourth-order valence-electron chi connectivity index (χ4n) is 5.76. The van der Waals surface area contributed by atoms with Crippen LogP contribution in [0, 0.1) is 21.7 Å². The molecule has 0 rings (SSSR count). The Kier molecular flexibility index (Phi) is 26.7. The molecule has 12 nitrogen and oxygen atoms in total. The summed E-state index contributed by atoms with van der Waals surface area (Å²) in [5.74, 6) is -1.89. The summed E-state index contributed by atoms with van der Waals surface area (Å²) in [7, 11) is 24.2. The molecule has 0 aliphatic heterocycles. The molecule has 0 aliphatic rings. The Morgan fingerprint density at radius 2 is 0.547 bits per heavy atom. The molecule has 0 bridgehead atoms. The first kappa shape index (κ1) is 61.1. The van der Waals surface area contributed by atoms with E-state index in [0.717, 1.165) is 0 Å². The quantitative estimate of drug-likeness (QED) is 0.0603. The summed E-state index contributed by atoms with van der Waals surface area (Å²) in [6.45, 7) is 13.7. The molecule has 0 saturated carbocycles. The maximum atomic E-state index is 14.1. The number of rotatable bonds is 22. The molecule has 0 amide bonds. The number of halogens is 4. The van der Waals surface area contributed by atoms with Gasteiger partial charge in [-0.1, -0.05) is 0 Å². The summed E-state index contributed by atoms with van der Waals surface area (Å²) in [6.07, 6.45) is 0.0999. The van der Waals surface area contributed by atoms with Crippen LogP contribution in [0.25, 0.3) is 0 Å². The second-order valence-electron chi connectivity index (χ2n) is 20.0. The first-order valence-electron chi connectivity index (χ1n) is 17.5. The van der Waals surface area contributed by atoms with Gasteiger partial charge in [0.1, 0.15) is 52.6 Å². The van der Waals surface area contributed by atoms with Crippen LogP contribution >= 0.6 is 0 Å². The number of quaternary nitrogens is 4. The van der Waals surface area contributed by atoms with Crippen molar-refractivity contribution in [3.8, 4) is 0 Å². The van der Waals surface area contributed by atoms with E-state index in [2.05, 4.69) is 0 Å². The zero-order chi connectivity index (χ0) is 38.9. The second kappa shape index (κ2) is 23.2. The van der Waals surface area contributed by atoms with Crippen molar-refractivity contribution in [1.82, 2.24) is 0 Å². The molecule has 0 aromatic heterocycles. The van der Waals surface area contributed by atoms with Gasteiger partial charge in [0.05, 0.1) is 106 Å². The van der Waals surface area contributed by atoms with E-state index in [9.17, 15) is 19.2 Å². The fourth-order valence-corrected chi connectivity index (χ4v) is 5.76. The first-order chi connectivity index (χ1) is 21.6. The zero-order valence-corrected chi connectivity index (χ0v) is 39.4. The van der Waals surface area contributed by atoms with Gasteiger partial charge in [-0.2, -0.15) is 0 Å². The van der Waals surface area contributed by atoms with Crippen LogP contribution in [-0.2, 0) is 38.1 Å². The number of likely N-dealkylation sites (N-methyl/N-ethyl adjacent to an activating group) is 4. The predicted molar refractivity (Wildman–Crippen MR) is 193 cm³/mol. The summed E-state index contributed by atoms with van der Waals surface area (Å²) in [5, 5.41) is 0. The Hall–Kier alpha value is -1.12. The first-order valence-corrected chi connectivity index (χ1v) is 17.5. The Bertz CT molecular complexity index is 1040. The van der Waals surface area contributed by atoms with Crippen LogP contribution in [0.15, 0.2) is 0 Å². The smallest absolute Gasteiger partial charge is 0.312 e. The minimum absolute atomic E-state index is 0. The van der Waals surface area contributed by atoms with E-state index in [1.807, 2.05) is 84.6 Å². The van der Waals surface area contributed by atoms with Gasteiger partial charge in [-0.15, -0.1) is 0 Å². The summed E-state index contributed by atoms with van der Waals surface area (Å²) >= 11 is 0. The second-order valence-corrected chi connectivity index (χ2v) is 20.0. The van der Waals surface area contributed by atoms with Gasteiger partial charge < -0.3 is 86.5 Å². The fraction of sp³-hybridized carbons (Fsp3) is 0.892. The summed E-state index contributed by atoms with van der Waals surface area (Å²) in [6, 6.07) is 0. The molecule has 16 heteroatoms. The van der Waals surface area contributed by atoms with Crippen LogP contribution in [0.1, 0.15) is 60.8 Å². The van der Waals surface area contributed by atoms with E-state index >= 15 is 0 Å². The van der Waals surface area contributed by atoms with Crippen molar-refractivity contribution >= 4 is 23.9 Å². The highest BCUT2D eigenvalue weighted by Gasteiger charge is 2.53. The number of nitrogens with zero attached hydrogens (tertiary/aromatic N) is 4. The molecular formula is C37H76Cl4N4O8. The van der Waals surface area contributed by atoms with Gasteiger partial charge in [0.15, 0.2) is 0 Å². The summed E-state index contributed by atoms with van der Waals surface area (Å²) < 4.78 is 25.6. The van der Waals surface area contributed by atoms with E-state index in [0.29, 0.717) is 44.1 Å².